The van der Waals surface area contributed by atoms with Crippen LogP contribution < -0.4 is 10.2 Å². The van der Waals surface area contributed by atoms with Crippen LogP contribution in [-0.2, 0) is 11.2 Å². The maximum Gasteiger partial charge on any atom is 0.323 e. The Balaban J connectivity index is 0.00000112. The van der Waals surface area contributed by atoms with Crippen molar-refractivity contribution in [3.8, 4) is 0 Å². The molecule has 86 valence electrons. The number of nitrogens with zero attached hydrogens (tertiary/aromatic N) is 1. The molecule has 1 atom stereocenters. The number of hydrogen-bond acceptors (Lipinski definition) is 5. The highest BCUT2D eigenvalue weighted by molar-refractivity contribution is 7.02. The summed E-state index contributed by atoms with van der Waals surface area (Å²) < 4.78 is 9.53. The van der Waals surface area contributed by atoms with Crippen molar-refractivity contribution in [2.45, 2.75) is 18.9 Å². The van der Waals surface area contributed by atoms with Crippen molar-refractivity contribution in [2.75, 3.05) is 19.7 Å². The summed E-state index contributed by atoms with van der Waals surface area (Å²) in [6.45, 7) is 2.61. The first-order valence-corrected chi connectivity index (χ1v) is 5.49. The molecule has 0 aromatic carbocycles. The van der Waals surface area contributed by atoms with Gasteiger partial charge in [0.05, 0.1) is 12.7 Å². The number of morpholine rings is 1. The third-order valence-electron chi connectivity index (χ3n) is 2.19. The Kier molecular flexibility index (Phi) is 5.24. The smallest absolute Gasteiger partial charge is 0.323 e. The predicted molar refractivity (Wildman–Crippen MR) is 60.9 cm³/mol. The largest absolute Gasteiger partial charge is 0.376 e. The van der Waals surface area contributed by atoms with Gasteiger partial charge >= 0.3 is 4.87 Å². The van der Waals surface area contributed by atoms with Crippen molar-refractivity contribution >= 4 is 23.9 Å². The van der Waals surface area contributed by atoms with Crippen molar-refractivity contribution in [2.24, 2.45) is 0 Å². The lowest BCUT2D eigenvalue weighted by Gasteiger charge is -2.22. The molecule has 1 fully saturated rings. The van der Waals surface area contributed by atoms with Crippen molar-refractivity contribution in [3.05, 3.63) is 15.5 Å². The molecule has 1 aliphatic rings. The molecular weight excluding hydrogens is 238 g/mol. The topological polar surface area (TPSA) is 67.0 Å². The number of aryl methyl sites for hydroxylation is 1. The van der Waals surface area contributed by atoms with Crippen molar-refractivity contribution in [3.63, 3.8) is 0 Å². The number of halogens is 1. The number of rotatable bonds is 3. The summed E-state index contributed by atoms with van der Waals surface area (Å²) in [5.41, 5.74) is 0. The van der Waals surface area contributed by atoms with Gasteiger partial charge in [-0.15, -0.1) is 12.4 Å². The van der Waals surface area contributed by atoms with Gasteiger partial charge in [0.25, 0.3) is 0 Å². The number of H-pyrrole nitrogens is 1. The number of ether oxygens (including phenoxy) is 1. The van der Waals surface area contributed by atoms with E-state index in [1.54, 1.807) is 0 Å². The van der Waals surface area contributed by atoms with Crippen LogP contribution in [0, 0.1) is 0 Å². The standard InChI is InChI=1S/C8H13N3O2S.ClH/c12-8-10-7(11-14-8)2-1-6-5-9-3-4-13-6;/h6,9H,1-5H2,(H,10,11,12);1H/t6-;/m1./s1. The zero-order valence-electron chi connectivity index (χ0n) is 8.19. The van der Waals surface area contributed by atoms with Gasteiger partial charge in [-0.25, -0.2) is 0 Å². The van der Waals surface area contributed by atoms with Crippen LogP contribution >= 0.6 is 23.9 Å². The Bertz CT molecular complexity index is 335. The average Bonchev–Trinajstić information content (AvgIpc) is 2.63. The fraction of sp³-hybridized carbons (Fsp3) is 0.750. The van der Waals surface area contributed by atoms with E-state index in [0.29, 0.717) is 0 Å². The molecule has 1 aliphatic heterocycles. The Morgan fingerprint density at radius 1 is 1.60 bits per heavy atom. The maximum atomic E-state index is 10.8. The molecule has 1 saturated heterocycles. The number of hydrogen-bond donors (Lipinski definition) is 2. The minimum atomic E-state index is -0.0808. The van der Waals surface area contributed by atoms with E-state index in [1.807, 2.05) is 0 Å². The fourth-order valence-electron chi connectivity index (χ4n) is 1.47. The monoisotopic (exact) mass is 251 g/mol. The highest BCUT2D eigenvalue weighted by atomic mass is 35.5. The van der Waals surface area contributed by atoms with Crippen molar-refractivity contribution in [1.82, 2.24) is 14.7 Å². The minimum absolute atomic E-state index is 0. The predicted octanol–water partition coefficient (Wildman–Crippen LogP) is 0.174. The first kappa shape index (κ1) is 12.6. The molecule has 2 rings (SSSR count). The molecule has 0 saturated carbocycles. The van der Waals surface area contributed by atoms with E-state index in [2.05, 4.69) is 14.7 Å². The Morgan fingerprint density at radius 3 is 3.07 bits per heavy atom. The minimum Gasteiger partial charge on any atom is -0.376 e. The fourth-order valence-corrected chi connectivity index (χ4v) is 1.96. The summed E-state index contributed by atoms with van der Waals surface area (Å²) in [4.78, 5) is 13.4. The van der Waals surface area contributed by atoms with Crippen LogP contribution in [0.2, 0.25) is 0 Å². The second-order valence-electron chi connectivity index (χ2n) is 3.28. The van der Waals surface area contributed by atoms with Gasteiger partial charge in [0.2, 0.25) is 0 Å². The zero-order valence-corrected chi connectivity index (χ0v) is 9.83. The SMILES string of the molecule is Cl.O=c1[nH]c(CC[C@@H]2CNCCO2)ns1. The second kappa shape index (κ2) is 6.22. The summed E-state index contributed by atoms with van der Waals surface area (Å²) in [7, 11) is 0. The highest BCUT2D eigenvalue weighted by Gasteiger charge is 2.13. The highest BCUT2D eigenvalue weighted by Crippen LogP contribution is 2.05. The third-order valence-corrected chi connectivity index (χ3v) is 2.77. The van der Waals surface area contributed by atoms with Gasteiger partial charge in [0.15, 0.2) is 0 Å². The summed E-state index contributed by atoms with van der Waals surface area (Å²) >= 11 is 0.973. The Morgan fingerprint density at radius 2 is 2.47 bits per heavy atom. The lowest BCUT2D eigenvalue weighted by atomic mass is 10.2. The molecule has 0 bridgehead atoms. The van der Waals surface area contributed by atoms with Gasteiger partial charge in [0, 0.05) is 31.0 Å². The van der Waals surface area contributed by atoms with Crippen LogP contribution in [-0.4, -0.2) is 35.2 Å². The van der Waals surface area contributed by atoms with Crippen LogP contribution in [0.4, 0.5) is 0 Å². The molecular formula is C8H14ClN3O2S. The van der Waals surface area contributed by atoms with Crippen LogP contribution in [0.25, 0.3) is 0 Å². The van der Waals surface area contributed by atoms with Crippen LogP contribution in [0.3, 0.4) is 0 Å². The molecule has 0 amide bonds. The van der Waals surface area contributed by atoms with E-state index in [-0.39, 0.29) is 23.4 Å². The van der Waals surface area contributed by atoms with E-state index in [9.17, 15) is 4.79 Å². The quantitative estimate of drug-likeness (QED) is 0.804. The molecule has 1 aromatic rings. The van der Waals surface area contributed by atoms with Crippen LogP contribution in [0.15, 0.2) is 4.79 Å². The van der Waals surface area contributed by atoms with E-state index in [1.165, 1.54) is 0 Å². The van der Waals surface area contributed by atoms with E-state index in [0.717, 1.165) is 49.9 Å². The third kappa shape index (κ3) is 3.90. The lowest BCUT2D eigenvalue weighted by molar-refractivity contribution is 0.0236. The zero-order chi connectivity index (χ0) is 9.80. The first-order chi connectivity index (χ1) is 6.84. The maximum absolute atomic E-state index is 10.8. The molecule has 0 aliphatic carbocycles. The van der Waals surface area contributed by atoms with E-state index < -0.39 is 0 Å². The van der Waals surface area contributed by atoms with Gasteiger partial charge in [0.1, 0.15) is 5.82 Å². The summed E-state index contributed by atoms with van der Waals surface area (Å²) in [6, 6.07) is 0. The summed E-state index contributed by atoms with van der Waals surface area (Å²) in [6.07, 6.45) is 1.95. The number of aromatic nitrogens is 2. The van der Waals surface area contributed by atoms with Crippen LogP contribution in [0.5, 0.6) is 0 Å². The molecule has 7 heteroatoms. The molecule has 2 heterocycles. The van der Waals surface area contributed by atoms with E-state index in [4.69, 9.17) is 4.74 Å². The molecule has 15 heavy (non-hydrogen) atoms. The summed E-state index contributed by atoms with van der Waals surface area (Å²) in [5.74, 6) is 0.772. The average molecular weight is 252 g/mol. The van der Waals surface area contributed by atoms with Gasteiger partial charge in [-0.1, -0.05) is 0 Å². The normalized spacial score (nSPS) is 20.9. The molecule has 0 radical (unpaired) electrons. The first-order valence-electron chi connectivity index (χ1n) is 4.72. The molecule has 0 spiro atoms. The summed E-state index contributed by atoms with van der Waals surface area (Å²) in [5, 5.41) is 3.26. The number of nitrogens with one attached hydrogen (secondary N) is 2. The van der Waals surface area contributed by atoms with E-state index >= 15 is 0 Å². The molecule has 0 unspecified atom stereocenters. The molecule has 1 aromatic heterocycles. The van der Waals surface area contributed by atoms with Gasteiger partial charge in [-0.05, 0) is 6.42 Å². The van der Waals surface area contributed by atoms with Crippen LogP contribution in [0.1, 0.15) is 12.2 Å². The van der Waals surface area contributed by atoms with Gasteiger partial charge in [-0.3, -0.25) is 9.78 Å². The Labute approximate surface area is 97.8 Å². The van der Waals surface area contributed by atoms with Crippen molar-refractivity contribution in [1.29, 1.82) is 0 Å². The van der Waals surface area contributed by atoms with Gasteiger partial charge < -0.3 is 10.1 Å². The lowest BCUT2D eigenvalue weighted by Crippen LogP contribution is -2.38. The van der Waals surface area contributed by atoms with Crippen molar-refractivity contribution < 1.29 is 4.74 Å². The molecule has 2 N–H and O–H groups in total. The second-order valence-corrected chi connectivity index (χ2v) is 4.01. The number of aromatic amines is 1. The molecule has 5 nitrogen and oxygen atoms in total. The Hall–Kier alpha value is -0.430. The van der Waals surface area contributed by atoms with Gasteiger partial charge in [-0.2, -0.15) is 4.37 Å².